The van der Waals surface area contributed by atoms with Crippen molar-refractivity contribution in [1.82, 2.24) is 29.8 Å². The molecule has 0 spiro atoms. The lowest BCUT2D eigenvalue weighted by Gasteiger charge is -2.34. The Morgan fingerprint density at radius 2 is 1.97 bits per heavy atom. The normalized spacial score (nSPS) is 18.9. The standard InChI is InChI=1S/C25H25FN6O2/c26-20-4-2-1-3-19(20)24-15-32-23(16-34-24)22(28-29-32)14-30-9-11-31(12-10-30)25(33)18-6-5-17-7-8-27-21(17)13-18/h1-8,13,24,27H,9-12,14-16H2. The van der Waals surface area contributed by atoms with Crippen molar-refractivity contribution in [3.63, 3.8) is 0 Å². The Morgan fingerprint density at radius 1 is 1.12 bits per heavy atom. The summed E-state index contributed by atoms with van der Waals surface area (Å²) in [5, 5.41) is 9.78. The van der Waals surface area contributed by atoms with Gasteiger partial charge >= 0.3 is 0 Å². The summed E-state index contributed by atoms with van der Waals surface area (Å²) >= 11 is 0. The van der Waals surface area contributed by atoms with E-state index >= 15 is 0 Å². The van der Waals surface area contributed by atoms with Gasteiger partial charge < -0.3 is 14.6 Å². The fourth-order valence-electron chi connectivity index (χ4n) is 4.79. The van der Waals surface area contributed by atoms with E-state index < -0.39 is 0 Å². The first kappa shape index (κ1) is 21.0. The second-order valence-electron chi connectivity index (χ2n) is 8.83. The lowest BCUT2D eigenvalue weighted by atomic mass is 10.1. The molecule has 1 amide bonds. The van der Waals surface area contributed by atoms with Crippen LogP contribution < -0.4 is 0 Å². The summed E-state index contributed by atoms with van der Waals surface area (Å²) in [6.45, 7) is 4.30. The minimum Gasteiger partial charge on any atom is -0.365 e. The van der Waals surface area contributed by atoms with E-state index in [1.165, 1.54) is 6.07 Å². The maximum atomic E-state index is 14.2. The molecule has 1 saturated heterocycles. The summed E-state index contributed by atoms with van der Waals surface area (Å²) in [6, 6.07) is 14.5. The number of piperazine rings is 1. The molecule has 0 saturated carbocycles. The number of carbonyl (C=O) groups excluding carboxylic acids is 1. The Bertz CT molecular complexity index is 1340. The molecule has 0 aliphatic carbocycles. The van der Waals surface area contributed by atoms with Crippen LogP contribution in [0.2, 0.25) is 0 Å². The Kier molecular flexibility index (Phi) is 5.35. The summed E-state index contributed by atoms with van der Waals surface area (Å²) in [7, 11) is 0. The van der Waals surface area contributed by atoms with E-state index in [2.05, 4.69) is 20.2 Å². The topological polar surface area (TPSA) is 79.3 Å². The van der Waals surface area contributed by atoms with E-state index in [1.54, 1.807) is 12.1 Å². The van der Waals surface area contributed by atoms with Crippen LogP contribution in [0.1, 0.15) is 33.4 Å². The van der Waals surface area contributed by atoms with Gasteiger partial charge in [-0.1, -0.05) is 29.5 Å². The van der Waals surface area contributed by atoms with Gasteiger partial charge in [-0.05, 0) is 29.7 Å². The molecular formula is C25H25FN6O2. The molecule has 1 fully saturated rings. The highest BCUT2D eigenvalue weighted by atomic mass is 19.1. The lowest BCUT2D eigenvalue weighted by Crippen LogP contribution is -2.48. The van der Waals surface area contributed by atoms with Crippen LogP contribution in [0.4, 0.5) is 4.39 Å². The van der Waals surface area contributed by atoms with Crippen LogP contribution in [0.15, 0.2) is 54.7 Å². The number of nitrogens with zero attached hydrogens (tertiary/aromatic N) is 5. The van der Waals surface area contributed by atoms with Crippen LogP contribution in [-0.2, 0) is 24.4 Å². The lowest BCUT2D eigenvalue weighted by molar-refractivity contribution is -0.00418. The predicted molar refractivity (Wildman–Crippen MR) is 123 cm³/mol. The third kappa shape index (κ3) is 3.86. The molecule has 0 bridgehead atoms. The number of aromatic nitrogens is 4. The number of aromatic amines is 1. The molecule has 1 N–H and O–H groups in total. The van der Waals surface area contributed by atoms with Gasteiger partial charge in [0, 0.05) is 55.6 Å². The number of hydrogen-bond donors (Lipinski definition) is 1. The van der Waals surface area contributed by atoms with Gasteiger partial charge in [0.05, 0.1) is 18.8 Å². The smallest absolute Gasteiger partial charge is 0.254 e. The average Bonchev–Trinajstić information content (AvgIpc) is 3.50. The minimum absolute atomic E-state index is 0.0600. The van der Waals surface area contributed by atoms with Crippen molar-refractivity contribution < 1.29 is 13.9 Å². The summed E-state index contributed by atoms with van der Waals surface area (Å²) in [5.41, 5.74) is 4.04. The van der Waals surface area contributed by atoms with Crippen LogP contribution in [0.3, 0.4) is 0 Å². The molecule has 174 valence electrons. The van der Waals surface area contributed by atoms with Crippen molar-refractivity contribution in [2.24, 2.45) is 0 Å². The van der Waals surface area contributed by atoms with Gasteiger partial charge in [0.2, 0.25) is 0 Å². The van der Waals surface area contributed by atoms with Crippen LogP contribution in [0.25, 0.3) is 10.9 Å². The number of amides is 1. The molecule has 0 radical (unpaired) electrons. The van der Waals surface area contributed by atoms with Crippen LogP contribution in [0.5, 0.6) is 0 Å². The van der Waals surface area contributed by atoms with Crippen molar-refractivity contribution in [1.29, 1.82) is 0 Å². The van der Waals surface area contributed by atoms with Crippen molar-refractivity contribution in [2.45, 2.75) is 25.8 Å². The molecule has 2 aromatic carbocycles. The van der Waals surface area contributed by atoms with Gasteiger partial charge in [0.1, 0.15) is 17.6 Å². The quantitative estimate of drug-likeness (QED) is 0.506. The number of carbonyl (C=O) groups is 1. The SMILES string of the molecule is O=C(c1ccc2cc[nH]c2c1)N1CCN(Cc2nnn3c2COC(c2ccccc2F)C3)CC1. The van der Waals surface area contributed by atoms with E-state index in [0.717, 1.165) is 35.4 Å². The monoisotopic (exact) mass is 460 g/mol. The highest BCUT2D eigenvalue weighted by Gasteiger charge is 2.28. The Hall–Kier alpha value is -3.56. The molecule has 2 aliphatic heterocycles. The zero-order valence-electron chi connectivity index (χ0n) is 18.7. The number of fused-ring (bicyclic) bond motifs is 2. The van der Waals surface area contributed by atoms with E-state index in [1.807, 2.05) is 46.1 Å². The first-order valence-electron chi connectivity index (χ1n) is 11.5. The Balaban J connectivity index is 1.07. The van der Waals surface area contributed by atoms with Gasteiger partial charge in [0.25, 0.3) is 5.91 Å². The van der Waals surface area contributed by atoms with Crippen molar-refractivity contribution >= 4 is 16.8 Å². The Labute approximate surface area is 195 Å². The van der Waals surface area contributed by atoms with E-state index in [4.69, 9.17) is 4.74 Å². The van der Waals surface area contributed by atoms with E-state index in [0.29, 0.717) is 43.9 Å². The zero-order valence-corrected chi connectivity index (χ0v) is 18.7. The maximum Gasteiger partial charge on any atom is 0.254 e. The molecule has 9 heteroatoms. The number of nitrogens with one attached hydrogen (secondary N) is 1. The van der Waals surface area contributed by atoms with Crippen LogP contribution >= 0.6 is 0 Å². The zero-order chi connectivity index (χ0) is 23.1. The molecule has 8 nitrogen and oxygen atoms in total. The van der Waals surface area contributed by atoms with Gasteiger partial charge in [-0.2, -0.15) is 0 Å². The molecule has 6 rings (SSSR count). The summed E-state index contributed by atoms with van der Waals surface area (Å²) in [4.78, 5) is 20.3. The largest absolute Gasteiger partial charge is 0.365 e. The number of benzene rings is 2. The maximum absolute atomic E-state index is 14.2. The molecule has 2 aromatic heterocycles. The highest BCUT2D eigenvalue weighted by molar-refractivity contribution is 5.98. The van der Waals surface area contributed by atoms with Crippen LogP contribution in [-0.4, -0.2) is 61.9 Å². The fraction of sp³-hybridized carbons (Fsp3) is 0.320. The van der Waals surface area contributed by atoms with Gasteiger partial charge in [-0.3, -0.25) is 9.69 Å². The van der Waals surface area contributed by atoms with Gasteiger partial charge in [0.15, 0.2) is 0 Å². The number of halogens is 1. The van der Waals surface area contributed by atoms with Crippen LogP contribution in [0, 0.1) is 5.82 Å². The second kappa shape index (κ2) is 8.66. The predicted octanol–water partition coefficient (Wildman–Crippen LogP) is 3.13. The number of H-pyrrole nitrogens is 1. The molecule has 1 atom stereocenters. The minimum atomic E-state index is -0.372. The first-order valence-corrected chi connectivity index (χ1v) is 11.5. The first-order chi connectivity index (χ1) is 16.7. The third-order valence-corrected chi connectivity index (χ3v) is 6.77. The van der Waals surface area contributed by atoms with Gasteiger partial charge in [-0.15, -0.1) is 5.10 Å². The highest BCUT2D eigenvalue weighted by Crippen LogP contribution is 2.29. The van der Waals surface area contributed by atoms with Gasteiger partial charge in [-0.25, -0.2) is 9.07 Å². The second-order valence-corrected chi connectivity index (χ2v) is 8.83. The number of rotatable bonds is 4. The number of hydrogen-bond acceptors (Lipinski definition) is 5. The van der Waals surface area contributed by atoms with Crippen molar-refractivity contribution in [3.8, 4) is 0 Å². The Morgan fingerprint density at radius 3 is 2.82 bits per heavy atom. The molecule has 2 aliphatic rings. The molecule has 34 heavy (non-hydrogen) atoms. The number of ether oxygens (including phenoxy) is 1. The van der Waals surface area contributed by atoms with Crippen molar-refractivity contribution in [3.05, 3.63) is 83.1 Å². The van der Waals surface area contributed by atoms with E-state index in [9.17, 15) is 9.18 Å². The molecule has 1 unspecified atom stereocenters. The summed E-state index contributed by atoms with van der Waals surface area (Å²) in [5.74, 6) is -0.207. The fourth-order valence-corrected chi connectivity index (χ4v) is 4.79. The molecule has 4 heterocycles. The summed E-state index contributed by atoms with van der Waals surface area (Å²) in [6.07, 6.45) is 1.51. The average molecular weight is 461 g/mol. The summed E-state index contributed by atoms with van der Waals surface area (Å²) < 4.78 is 21.9. The third-order valence-electron chi connectivity index (χ3n) is 6.77. The van der Waals surface area contributed by atoms with Crippen molar-refractivity contribution in [2.75, 3.05) is 26.2 Å². The van der Waals surface area contributed by atoms with E-state index in [-0.39, 0.29) is 17.8 Å². The molecular weight excluding hydrogens is 435 g/mol. The molecule has 4 aromatic rings.